The van der Waals surface area contributed by atoms with Crippen molar-refractivity contribution in [3.05, 3.63) is 41.3 Å². The first-order valence-corrected chi connectivity index (χ1v) is 6.43. The molecular weight excluding hydrogens is 256 g/mol. The second-order valence-corrected chi connectivity index (χ2v) is 4.80. The molecule has 0 atom stereocenters. The van der Waals surface area contributed by atoms with E-state index in [-0.39, 0.29) is 11.7 Å². The van der Waals surface area contributed by atoms with Gasteiger partial charge in [0.2, 0.25) is 0 Å². The Labute approximate surface area is 109 Å². The van der Waals surface area contributed by atoms with Crippen LogP contribution in [-0.4, -0.2) is 18.8 Å². The average Bonchev–Trinajstić information content (AvgIpc) is 2.87. The number of ether oxygens (including phenoxy) is 1. The van der Waals surface area contributed by atoms with Crippen LogP contribution in [0, 0.1) is 0 Å². The molecular formula is C13H11ClO2S. The number of Topliss-reactive ketones (excluding diaryl/α,β-unsaturated/α-hetero) is 1. The van der Waals surface area contributed by atoms with Gasteiger partial charge in [-0.3, -0.25) is 4.79 Å². The zero-order valence-corrected chi connectivity index (χ0v) is 10.8. The Balaban J connectivity index is 2.33. The van der Waals surface area contributed by atoms with Gasteiger partial charge in [0.15, 0.2) is 5.78 Å². The molecule has 0 bridgehead atoms. The second-order valence-electron chi connectivity index (χ2n) is 3.45. The van der Waals surface area contributed by atoms with E-state index in [0.717, 1.165) is 16.2 Å². The Morgan fingerprint density at radius 2 is 2.18 bits per heavy atom. The van der Waals surface area contributed by atoms with E-state index in [0.29, 0.717) is 4.88 Å². The molecule has 17 heavy (non-hydrogen) atoms. The molecule has 0 amide bonds. The molecule has 0 fully saturated rings. The number of carbonyl (C=O) groups excluding carboxylic acids is 1. The number of halogens is 1. The maximum absolute atomic E-state index is 11.4. The summed E-state index contributed by atoms with van der Waals surface area (Å²) in [6, 6.07) is 11.5. The molecule has 0 aliphatic rings. The Hall–Kier alpha value is -1.32. The fraction of sp³-hybridized carbons (Fsp3) is 0.154. The molecule has 0 spiro atoms. The van der Waals surface area contributed by atoms with Crippen LogP contribution in [0.2, 0.25) is 0 Å². The predicted octanol–water partition coefficient (Wildman–Crippen LogP) is 3.85. The van der Waals surface area contributed by atoms with Crippen molar-refractivity contribution in [1.82, 2.24) is 0 Å². The van der Waals surface area contributed by atoms with Crippen molar-refractivity contribution in [3.63, 3.8) is 0 Å². The number of alkyl halides is 1. The van der Waals surface area contributed by atoms with Crippen LogP contribution in [0.3, 0.4) is 0 Å². The second kappa shape index (κ2) is 5.34. The normalized spacial score (nSPS) is 10.2. The molecule has 0 aliphatic carbocycles. The standard InChI is InChI=1S/C13H11ClO2S/c1-16-10-4-2-3-9(7-10)12-5-6-13(17-12)11(15)8-14/h2-7H,8H2,1H3. The van der Waals surface area contributed by atoms with Crippen molar-refractivity contribution in [2.75, 3.05) is 13.0 Å². The summed E-state index contributed by atoms with van der Waals surface area (Å²) in [5.41, 5.74) is 1.04. The summed E-state index contributed by atoms with van der Waals surface area (Å²) in [6.07, 6.45) is 0. The van der Waals surface area contributed by atoms with Gasteiger partial charge in [-0.15, -0.1) is 22.9 Å². The summed E-state index contributed by atoms with van der Waals surface area (Å²) >= 11 is 6.97. The summed E-state index contributed by atoms with van der Waals surface area (Å²) < 4.78 is 5.17. The summed E-state index contributed by atoms with van der Waals surface area (Å²) in [5.74, 6) is 0.796. The van der Waals surface area contributed by atoms with Crippen LogP contribution in [0.1, 0.15) is 9.67 Å². The molecule has 0 N–H and O–H groups in total. The van der Waals surface area contributed by atoms with Crippen LogP contribution in [0.25, 0.3) is 10.4 Å². The molecule has 1 aromatic heterocycles. The van der Waals surface area contributed by atoms with Gasteiger partial charge in [-0.25, -0.2) is 0 Å². The van der Waals surface area contributed by atoms with Crippen LogP contribution >= 0.6 is 22.9 Å². The van der Waals surface area contributed by atoms with Crippen molar-refractivity contribution < 1.29 is 9.53 Å². The van der Waals surface area contributed by atoms with Gasteiger partial charge in [0.25, 0.3) is 0 Å². The van der Waals surface area contributed by atoms with Crippen LogP contribution in [0.15, 0.2) is 36.4 Å². The highest BCUT2D eigenvalue weighted by molar-refractivity contribution is 7.17. The first-order chi connectivity index (χ1) is 8.24. The van der Waals surface area contributed by atoms with Crippen LogP contribution in [-0.2, 0) is 0 Å². The number of carbonyl (C=O) groups is 1. The molecule has 0 unspecified atom stereocenters. The van der Waals surface area contributed by atoms with Crippen molar-refractivity contribution in [2.24, 2.45) is 0 Å². The van der Waals surface area contributed by atoms with E-state index in [2.05, 4.69) is 0 Å². The summed E-state index contributed by atoms with van der Waals surface area (Å²) in [7, 11) is 1.63. The lowest BCUT2D eigenvalue weighted by atomic mass is 10.2. The van der Waals surface area contributed by atoms with E-state index < -0.39 is 0 Å². The van der Waals surface area contributed by atoms with Gasteiger partial charge >= 0.3 is 0 Å². The van der Waals surface area contributed by atoms with Crippen molar-refractivity contribution in [1.29, 1.82) is 0 Å². The third kappa shape index (κ3) is 2.68. The number of methoxy groups -OCH3 is 1. The molecule has 88 valence electrons. The first kappa shape index (κ1) is 12.1. The molecule has 2 nitrogen and oxygen atoms in total. The fourth-order valence-corrected chi connectivity index (χ4v) is 2.65. The van der Waals surface area contributed by atoms with Crippen molar-refractivity contribution in [3.8, 4) is 16.2 Å². The molecule has 0 radical (unpaired) electrons. The van der Waals surface area contributed by atoms with Crippen LogP contribution in [0.4, 0.5) is 0 Å². The smallest absolute Gasteiger partial charge is 0.187 e. The SMILES string of the molecule is COc1cccc(-c2ccc(C(=O)CCl)s2)c1. The fourth-order valence-electron chi connectivity index (χ4n) is 1.49. The number of ketones is 1. The molecule has 0 saturated heterocycles. The van der Waals surface area contributed by atoms with Crippen molar-refractivity contribution >= 4 is 28.7 Å². The third-order valence-corrected chi connectivity index (χ3v) is 3.77. The highest BCUT2D eigenvalue weighted by atomic mass is 35.5. The molecule has 1 aromatic carbocycles. The third-order valence-electron chi connectivity index (χ3n) is 2.36. The number of hydrogen-bond donors (Lipinski definition) is 0. The Morgan fingerprint density at radius 1 is 1.35 bits per heavy atom. The summed E-state index contributed by atoms with van der Waals surface area (Å²) in [5, 5.41) is 0. The Morgan fingerprint density at radius 3 is 2.88 bits per heavy atom. The average molecular weight is 267 g/mol. The van der Waals surface area contributed by atoms with E-state index in [1.165, 1.54) is 11.3 Å². The Bertz CT molecular complexity index is 534. The number of benzene rings is 1. The first-order valence-electron chi connectivity index (χ1n) is 5.08. The van der Waals surface area contributed by atoms with E-state index in [9.17, 15) is 4.79 Å². The monoisotopic (exact) mass is 266 g/mol. The molecule has 1 heterocycles. The van der Waals surface area contributed by atoms with Gasteiger partial charge in [0.1, 0.15) is 5.75 Å². The number of hydrogen-bond acceptors (Lipinski definition) is 3. The molecule has 0 aliphatic heterocycles. The van der Waals surface area contributed by atoms with E-state index in [1.54, 1.807) is 7.11 Å². The quantitative estimate of drug-likeness (QED) is 0.621. The topological polar surface area (TPSA) is 26.3 Å². The highest BCUT2D eigenvalue weighted by Gasteiger charge is 2.09. The van der Waals surface area contributed by atoms with Gasteiger partial charge in [-0.1, -0.05) is 12.1 Å². The van der Waals surface area contributed by atoms with E-state index >= 15 is 0 Å². The van der Waals surface area contributed by atoms with Crippen LogP contribution < -0.4 is 4.74 Å². The lowest BCUT2D eigenvalue weighted by Crippen LogP contribution is -1.95. The maximum Gasteiger partial charge on any atom is 0.187 e. The van der Waals surface area contributed by atoms with Gasteiger partial charge in [-0.05, 0) is 29.8 Å². The molecule has 2 rings (SSSR count). The number of thiophene rings is 1. The zero-order chi connectivity index (χ0) is 12.3. The van der Waals surface area contributed by atoms with Gasteiger partial charge in [0.05, 0.1) is 17.9 Å². The minimum atomic E-state index is -0.0363. The van der Waals surface area contributed by atoms with Crippen LogP contribution in [0.5, 0.6) is 5.75 Å². The molecule has 0 saturated carbocycles. The lowest BCUT2D eigenvalue weighted by Gasteiger charge is -2.01. The van der Waals surface area contributed by atoms with Crippen molar-refractivity contribution in [2.45, 2.75) is 0 Å². The summed E-state index contributed by atoms with van der Waals surface area (Å²) in [6.45, 7) is 0. The Kier molecular flexibility index (Phi) is 3.82. The lowest BCUT2D eigenvalue weighted by molar-refractivity contribution is 0.102. The predicted molar refractivity (Wildman–Crippen MR) is 71.4 cm³/mol. The largest absolute Gasteiger partial charge is 0.497 e. The maximum atomic E-state index is 11.4. The van der Waals surface area contributed by atoms with E-state index in [4.69, 9.17) is 16.3 Å². The minimum absolute atomic E-state index is 0.0259. The van der Waals surface area contributed by atoms with Gasteiger partial charge in [-0.2, -0.15) is 0 Å². The molecule has 2 aromatic rings. The minimum Gasteiger partial charge on any atom is -0.497 e. The zero-order valence-electron chi connectivity index (χ0n) is 9.27. The van der Waals surface area contributed by atoms with Gasteiger partial charge < -0.3 is 4.74 Å². The summed E-state index contributed by atoms with van der Waals surface area (Å²) in [4.78, 5) is 13.2. The van der Waals surface area contributed by atoms with Gasteiger partial charge in [0, 0.05) is 4.88 Å². The van der Waals surface area contributed by atoms with E-state index in [1.807, 2.05) is 36.4 Å². The number of rotatable bonds is 4. The highest BCUT2D eigenvalue weighted by Crippen LogP contribution is 2.30. The molecule has 4 heteroatoms.